The van der Waals surface area contributed by atoms with E-state index in [2.05, 4.69) is 20.4 Å². The highest BCUT2D eigenvalue weighted by Crippen LogP contribution is 2.34. The Bertz CT molecular complexity index is 852. The van der Waals surface area contributed by atoms with Gasteiger partial charge in [0, 0.05) is 39.3 Å². The molecule has 0 radical (unpaired) electrons. The van der Waals surface area contributed by atoms with Gasteiger partial charge in [0.1, 0.15) is 5.75 Å². The van der Waals surface area contributed by atoms with Gasteiger partial charge in [0.05, 0.1) is 24.0 Å². The number of carbonyl (C=O) groups excluding carboxylic acids is 1. The Labute approximate surface area is 173 Å². The van der Waals surface area contributed by atoms with Crippen molar-refractivity contribution < 1.29 is 22.7 Å². The van der Waals surface area contributed by atoms with Crippen molar-refractivity contribution in [3.05, 3.63) is 54.1 Å². The second-order valence-corrected chi connectivity index (χ2v) is 6.92. The highest BCUT2D eigenvalue weighted by molar-refractivity contribution is 5.90. The van der Waals surface area contributed by atoms with E-state index >= 15 is 0 Å². The van der Waals surface area contributed by atoms with E-state index in [1.54, 1.807) is 7.11 Å². The molecular formula is C21H25F3N4O2. The summed E-state index contributed by atoms with van der Waals surface area (Å²) in [5.74, 6) is 0.837. The molecule has 0 saturated carbocycles. The molecule has 6 nitrogen and oxygen atoms in total. The Morgan fingerprint density at radius 2 is 1.70 bits per heavy atom. The average molecular weight is 422 g/mol. The minimum absolute atomic E-state index is 0.257. The first kappa shape index (κ1) is 21.8. The van der Waals surface area contributed by atoms with Crippen LogP contribution in [0.2, 0.25) is 0 Å². The highest BCUT2D eigenvalue weighted by Gasteiger charge is 2.33. The number of para-hydroxylation sites is 3. The fourth-order valence-corrected chi connectivity index (χ4v) is 3.44. The number of hydrogen-bond acceptors (Lipinski definition) is 4. The van der Waals surface area contributed by atoms with Crippen molar-refractivity contribution in [3.63, 3.8) is 0 Å². The molecule has 0 aliphatic carbocycles. The minimum atomic E-state index is -4.52. The molecule has 162 valence electrons. The first-order chi connectivity index (χ1) is 14.4. The van der Waals surface area contributed by atoms with E-state index in [4.69, 9.17) is 4.74 Å². The van der Waals surface area contributed by atoms with Gasteiger partial charge in [-0.3, -0.25) is 4.90 Å². The number of carbonyl (C=O) groups is 1. The number of benzene rings is 2. The minimum Gasteiger partial charge on any atom is -0.495 e. The van der Waals surface area contributed by atoms with Gasteiger partial charge in [-0.15, -0.1) is 0 Å². The lowest BCUT2D eigenvalue weighted by Crippen LogP contribution is -2.48. The summed E-state index contributed by atoms with van der Waals surface area (Å²) in [7, 11) is 1.65. The largest absolute Gasteiger partial charge is 0.495 e. The van der Waals surface area contributed by atoms with Crippen molar-refractivity contribution in [1.82, 2.24) is 10.2 Å². The van der Waals surface area contributed by atoms with Crippen molar-refractivity contribution in [2.75, 3.05) is 56.6 Å². The molecule has 1 saturated heterocycles. The molecule has 0 spiro atoms. The molecule has 2 N–H and O–H groups in total. The van der Waals surface area contributed by atoms with Crippen molar-refractivity contribution in [2.24, 2.45) is 0 Å². The van der Waals surface area contributed by atoms with Crippen LogP contribution in [0, 0.1) is 0 Å². The van der Waals surface area contributed by atoms with Gasteiger partial charge in [-0.2, -0.15) is 13.2 Å². The first-order valence-electron chi connectivity index (χ1n) is 9.70. The van der Waals surface area contributed by atoms with E-state index in [-0.39, 0.29) is 5.69 Å². The van der Waals surface area contributed by atoms with Gasteiger partial charge >= 0.3 is 12.2 Å². The van der Waals surface area contributed by atoms with E-state index in [1.807, 2.05) is 24.3 Å². The van der Waals surface area contributed by atoms with Crippen LogP contribution in [0.25, 0.3) is 0 Å². The quantitative estimate of drug-likeness (QED) is 0.746. The standard InChI is InChI=1S/C21H25F3N4O2/c1-30-19-9-5-4-8-18(19)28-14-12-27(13-15-28)11-10-25-20(29)26-17-7-3-2-6-16(17)21(22,23)24/h2-9H,10-15H2,1H3,(H2,25,26,29). The van der Waals surface area contributed by atoms with E-state index in [0.717, 1.165) is 43.7 Å². The number of methoxy groups -OCH3 is 1. The first-order valence-corrected chi connectivity index (χ1v) is 9.70. The zero-order valence-corrected chi connectivity index (χ0v) is 16.7. The van der Waals surface area contributed by atoms with Crippen molar-refractivity contribution >= 4 is 17.4 Å². The molecule has 1 fully saturated rings. The Hall–Kier alpha value is -2.94. The van der Waals surface area contributed by atoms with Crippen LogP contribution in [0.4, 0.5) is 29.3 Å². The molecule has 3 rings (SSSR count). The Kier molecular flexibility index (Phi) is 7.04. The fraction of sp³-hybridized carbons (Fsp3) is 0.381. The number of hydrogen-bond donors (Lipinski definition) is 2. The molecule has 0 atom stereocenters. The van der Waals surface area contributed by atoms with Crippen molar-refractivity contribution in [1.29, 1.82) is 0 Å². The molecule has 1 heterocycles. The maximum Gasteiger partial charge on any atom is 0.418 e. The Balaban J connectivity index is 1.43. The highest BCUT2D eigenvalue weighted by atomic mass is 19.4. The number of alkyl halides is 3. The number of urea groups is 1. The van der Waals surface area contributed by atoms with Gasteiger partial charge in [-0.1, -0.05) is 24.3 Å². The number of ether oxygens (including phenoxy) is 1. The van der Waals surface area contributed by atoms with Gasteiger partial charge in [-0.25, -0.2) is 4.79 Å². The third-order valence-corrected chi connectivity index (χ3v) is 4.99. The molecule has 2 aromatic carbocycles. The van der Waals surface area contributed by atoms with E-state index < -0.39 is 17.8 Å². The molecular weight excluding hydrogens is 397 g/mol. The van der Waals surface area contributed by atoms with Crippen LogP contribution in [0.5, 0.6) is 5.75 Å². The van der Waals surface area contributed by atoms with E-state index in [0.29, 0.717) is 13.1 Å². The summed E-state index contributed by atoms with van der Waals surface area (Å²) in [6.07, 6.45) is -4.52. The lowest BCUT2D eigenvalue weighted by Gasteiger charge is -2.36. The third-order valence-electron chi connectivity index (χ3n) is 4.99. The molecule has 0 bridgehead atoms. The summed E-state index contributed by atoms with van der Waals surface area (Å²) < 4.78 is 44.4. The van der Waals surface area contributed by atoms with Crippen molar-refractivity contribution in [2.45, 2.75) is 6.18 Å². The molecule has 2 amide bonds. The number of halogens is 3. The van der Waals surface area contributed by atoms with Gasteiger partial charge < -0.3 is 20.3 Å². The summed E-state index contributed by atoms with van der Waals surface area (Å²) in [5, 5.41) is 4.91. The zero-order valence-electron chi connectivity index (χ0n) is 16.7. The number of rotatable bonds is 6. The Morgan fingerprint density at radius 1 is 1.03 bits per heavy atom. The predicted molar refractivity (Wildman–Crippen MR) is 110 cm³/mol. The van der Waals surface area contributed by atoms with Crippen LogP contribution >= 0.6 is 0 Å². The normalized spacial score (nSPS) is 15.0. The molecule has 0 unspecified atom stereocenters. The predicted octanol–water partition coefficient (Wildman–Crippen LogP) is 3.66. The number of amides is 2. The summed E-state index contributed by atoms with van der Waals surface area (Å²) in [6.45, 7) is 4.25. The lowest BCUT2D eigenvalue weighted by molar-refractivity contribution is -0.136. The van der Waals surface area contributed by atoms with Crippen LogP contribution in [0.1, 0.15) is 5.56 Å². The molecule has 2 aromatic rings. The monoisotopic (exact) mass is 422 g/mol. The van der Waals surface area contributed by atoms with Gasteiger partial charge in [0.2, 0.25) is 0 Å². The third kappa shape index (κ3) is 5.56. The smallest absolute Gasteiger partial charge is 0.418 e. The number of anilines is 2. The van der Waals surface area contributed by atoms with Crippen LogP contribution in [-0.2, 0) is 6.18 Å². The van der Waals surface area contributed by atoms with E-state index in [1.165, 1.54) is 18.2 Å². The second-order valence-electron chi connectivity index (χ2n) is 6.92. The molecule has 0 aromatic heterocycles. The number of nitrogens with one attached hydrogen (secondary N) is 2. The topological polar surface area (TPSA) is 56.8 Å². The summed E-state index contributed by atoms with van der Waals surface area (Å²) in [5.41, 5.74) is -0.0685. The molecule has 30 heavy (non-hydrogen) atoms. The fourth-order valence-electron chi connectivity index (χ4n) is 3.44. The number of piperazine rings is 1. The zero-order chi connectivity index (χ0) is 21.6. The molecule has 9 heteroatoms. The summed E-state index contributed by atoms with van der Waals surface area (Å²) in [4.78, 5) is 16.5. The number of nitrogens with zero attached hydrogens (tertiary/aromatic N) is 2. The van der Waals surface area contributed by atoms with E-state index in [9.17, 15) is 18.0 Å². The van der Waals surface area contributed by atoms with Crippen LogP contribution in [-0.4, -0.2) is 57.3 Å². The maximum atomic E-state index is 13.0. The van der Waals surface area contributed by atoms with Crippen LogP contribution in [0.3, 0.4) is 0 Å². The second kappa shape index (κ2) is 9.71. The van der Waals surface area contributed by atoms with Crippen LogP contribution in [0.15, 0.2) is 48.5 Å². The van der Waals surface area contributed by atoms with Gasteiger partial charge in [0.25, 0.3) is 0 Å². The molecule has 1 aliphatic heterocycles. The molecule has 1 aliphatic rings. The summed E-state index contributed by atoms with van der Waals surface area (Å²) in [6, 6.07) is 12.1. The van der Waals surface area contributed by atoms with Crippen molar-refractivity contribution in [3.8, 4) is 5.75 Å². The van der Waals surface area contributed by atoms with Gasteiger partial charge in [-0.05, 0) is 24.3 Å². The maximum absolute atomic E-state index is 13.0. The average Bonchev–Trinajstić information content (AvgIpc) is 2.74. The van der Waals surface area contributed by atoms with Crippen LogP contribution < -0.4 is 20.3 Å². The van der Waals surface area contributed by atoms with Gasteiger partial charge in [0.15, 0.2) is 0 Å². The SMILES string of the molecule is COc1ccccc1N1CCN(CCNC(=O)Nc2ccccc2C(F)(F)F)CC1. The lowest BCUT2D eigenvalue weighted by atomic mass is 10.1. The summed E-state index contributed by atoms with van der Waals surface area (Å²) >= 11 is 0. The Morgan fingerprint density at radius 3 is 2.40 bits per heavy atom.